The number of carboxylic acid groups (broad SMARTS) is 1. The third kappa shape index (κ3) is 2.26. The second kappa shape index (κ2) is 4.86. The summed E-state index contributed by atoms with van der Waals surface area (Å²) < 4.78 is 27.2. The lowest BCUT2D eigenvalue weighted by Gasteiger charge is -2.08. The smallest absolute Gasteiger partial charge is 0.336 e. The Morgan fingerprint density at radius 3 is 2.50 bits per heavy atom. The van der Waals surface area contributed by atoms with Crippen LogP contribution in [0.4, 0.5) is 8.78 Å². The molecule has 0 aliphatic carbocycles. The second-order valence-corrected chi connectivity index (χ2v) is 4.45. The molecule has 0 fully saturated rings. The normalized spacial score (nSPS) is 10.4. The number of halogens is 3. The van der Waals surface area contributed by atoms with E-state index in [1.807, 2.05) is 0 Å². The summed E-state index contributed by atoms with van der Waals surface area (Å²) in [4.78, 5) is 11.0. The van der Waals surface area contributed by atoms with Gasteiger partial charge in [-0.25, -0.2) is 13.6 Å². The molecule has 18 heavy (non-hydrogen) atoms. The number of hydrogen-bond acceptors (Lipinski definition) is 1. The van der Waals surface area contributed by atoms with Gasteiger partial charge in [-0.2, -0.15) is 0 Å². The zero-order valence-electron chi connectivity index (χ0n) is 8.95. The fourth-order valence-electron chi connectivity index (χ4n) is 1.64. The van der Waals surface area contributed by atoms with Gasteiger partial charge in [0.1, 0.15) is 11.6 Å². The van der Waals surface area contributed by atoms with Crippen molar-refractivity contribution in [3.05, 3.63) is 58.1 Å². The van der Waals surface area contributed by atoms with E-state index >= 15 is 0 Å². The predicted molar refractivity (Wildman–Crippen MR) is 66.5 cm³/mol. The second-order valence-electron chi connectivity index (χ2n) is 3.60. The molecular formula is C13H7BrF2O2. The van der Waals surface area contributed by atoms with E-state index in [9.17, 15) is 13.6 Å². The van der Waals surface area contributed by atoms with Crippen LogP contribution in [0.15, 0.2) is 40.9 Å². The monoisotopic (exact) mass is 312 g/mol. The van der Waals surface area contributed by atoms with E-state index in [1.165, 1.54) is 18.2 Å². The van der Waals surface area contributed by atoms with Gasteiger partial charge in [0.15, 0.2) is 0 Å². The van der Waals surface area contributed by atoms with Gasteiger partial charge in [0.05, 0.1) is 10.0 Å². The third-order valence-corrected chi connectivity index (χ3v) is 3.07. The van der Waals surface area contributed by atoms with Gasteiger partial charge in [0.25, 0.3) is 0 Å². The van der Waals surface area contributed by atoms with Crippen molar-refractivity contribution in [1.29, 1.82) is 0 Å². The Kier molecular flexibility index (Phi) is 3.43. The summed E-state index contributed by atoms with van der Waals surface area (Å²) in [6.45, 7) is 0. The van der Waals surface area contributed by atoms with Gasteiger partial charge in [-0.15, -0.1) is 0 Å². The molecule has 0 bridgehead atoms. The Balaban J connectivity index is 2.71. The lowest BCUT2D eigenvalue weighted by atomic mass is 9.99. The van der Waals surface area contributed by atoms with E-state index in [2.05, 4.69) is 15.9 Å². The van der Waals surface area contributed by atoms with Crippen LogP contribution in [0.2, 0.25) is 0 Å². The maximum Gasteiger partial charge on any atom is 0.336 e. The van der Waals surface area contributed by atoms with Crippen LogP contribution in [-0.4, -0.2) is 11.1 Å². The van der Waals surface area contributed by atoms with Crippen LogP contribution in [0, 0.1) is 11.6 Å². The van der Waals surface area contributed by atoms with Gasteiger partial charge in [-0.05, 0) is 39.7 Å². The molecule has 0 aliphatic heterocycles. The van der Waals surface area contributed by atoms with Crippen molar-refractivity contribution >= 4 is 21.9 Å². The highest BCUT2D eigenvalue weighted by Crippen LogP contribution is 2.30. The van der Waals surface area contributed by atoms with Gasteiger partial charge in [0.2, 0.25) is 0 Å². The van der Waals surface area contributed by atoms with Gasteiger partial charge < -0.3 is 5.11 Å². The summed E-state index contributed by atoms with van der Waals surface area (Å²) in [6, 6.07) is 7.75. The zero-order chi connectivity index (χ0) is 13.3. The first-order chi connectivity index (χ1) is 8.50. The highest BCUT2D eigenvalue weighted by Gasteiger charge is 2.16. The lowest BCUT2D eigenvalue weighted by Crippen LogP contribution is -2.01. The van der Waals surface area contributed by atoms with Crippen molar-refractivity contribution in [2.45, 2.75) is 0 Å². The molecule has 0 heterocycles. The molecule has 0 unspecified atom stereocenters. The van der Waals surface area contributed by atoms with E-state index in [4.69, 9.17) is 5.11 Å². The number of aromatic carboxylic acids is 1. The molecular weight excluding hydrogens is 306 g/mol. The molecule has 0 amide bonds. The van der Waals surface area contributed by atoms with E-state index in [0.717, 1.165) is 12.1 Å². The molecule has 2 aromatic carbocycles. The Labute approximate surface area is 110 Å². The van der Waals surface area contributed by atoms with Crippen molar-refractivity contribution in [2.24, 2.45) is 0 Å². The molecule has 0 saturated carbocycles. The standard InChI is InChI=1S/C13H7BrF2O2/c14-11-3-1-2-9(12(11)16)8-5-4-7(15)6-10(8)13(17)18/h1-6H,(H,17,18). The molecule has 0 atom stereocenters. The van der Waals surface area contributed by atoms with Crippen molar-refractivity contribution < 1.29 is 18.7 Å². The van der Waals surface area contributed by atoms with Gasteiger partial charge in [0, 0.05) is 5.56 Å². The summed E-state index contributed by atoms with van der Waals surface area (Å²) in [6.07, 6.45) is 0. The highest BCUT2D eigenvalue weighted by molar-refractivity contribution is 9.10. The first-order valence-electron chi connectivity index (χ1n) is 4.98. The number of carbonyl (C=O) groups is 1. The van der Waals surface area contributed by atoms with E-state index in [0.29, 0.717) is 0 Å². The maximum absolute atomic E-state index is 13.9. The third-order valence-electron chi connectivity index (χ3n) is 2.45. The SMILES string of the molecule is O=C(O)c1cc(F)ccc1-c1cccc(Br)c1F. The number of benzene rings is 2. The van der Waals surface area contributed by atoms with Gasteiger partial charge in [-0.1, -0.05) is 18.2 Å². The summed E-state index contributed by atoms with van der Waals surface area (Å²) in [5, 5.41) is 9.01. The van der Waals surface area contributed by atoms with Crippen LogP contribution < -0.4 is 0 Å². The molecule has 0 spiro atoms. The highest BCUT2D eigenvalue weighted by atomic mass is 79.9. The topological polar surface area (TPSA) is 37.3 Å². The summed E-state index contributed by atoms with van der Waals surface area (Å²) in [5.41, 5.74) is -0.0172. The van der Waals surface area contributed by atoms with Crippen molar-refractivity contribution in [2.75, 3.05) is 0 Å². The van der Waals surface area contributed by atoms with Crippen LogP contribution in [-0.2, 0) is 0 Å². The molecule has 0 radical (unpaired) electrons. The Morgan fingerprint density at radius 2 is 1.83 bits per heavy atom. The van der Waals surface area contributed by atoms with E-state index in [1.54, 1.807) is 6.07 Å². The van der Waals surface area contributed by atoms with Crippen LogP contribution in [0.25, 0.3) is 11.1 Å². The minimum Gasteiger partial charge on any atom is -0.478 e. The average molecular weight is 313 g/mol. The zero-order valence-corrected chi connectivity index (χ0v) is 10.5. The van der Waals surface area contributed by atoms with Crippen LogP contribution >= 0.6 is 15.9 Å². The molecule has 0 aliphatic rings. The maximum atomic E-state index is 13.9. The van der Waals surface area contributed by atoms with Crippen molar-refractivity contribution in [1.82, 2.24) is 0 Å². The van der Waals surface area contributed by atoms with E-state index in [-0.39, 0.29) is 21.2 Å². The Hall–Kier alpha value is -1.75. The minimum absolute atomic E-state index is 0.113. The molecule has 92 valence electrons. The van der Waals surface area contributed by atoms with Gasteiger partial charge in [-0.3, -0.25) is 0 Å². The number of hydrogen-bond donors (Lipinski definition) is 1. The minimum atomic E-state index is -1.30. The number of rotatable bonds is 2. The average Bonchev–Trinajstić information content (AvgIpc) is 2.33. The predicted octanol–water partition coefficient (Wildman–Crippen LogP) is 4.09. The van der Waals surface area contributed by atoms with Gasteiger partial charge >= 0.3 is 5.97 Å². The Morgan fingerprint density at radius 1 is 1.11 bits per heavy atom. The summed E-state index contributed by atoms with van der Waals surface area (Å²) >= 11 is 3.02. The molecule has 0 aromatic heterocycles. The van der Waals surface area contributed by atoms with Crippen LogP contribution in [0.5, 0.6) is 0 Å². The molecule has 0 saturated heterocycles. The molecule has 2 nitrogen and oxygen atoms in total. The lowest BCUT2D eigenvalue weighted by molar-refractivity contribution is 0.0697. The van der Waals surface area contributed by atoms with Crippen LogP contribution in [0.3, 0.4) is 0 Å². The van der Waals surface area contributed by atoms with Crippen molar-refractivity contribution in [3.63, 3.8) is 0 Å². The molecule has 2 aromatic rings. The van der Waals surface area contributed by atoms with Crippen LogP contribution in [0.1, 0.15) is 10.4 Å². The fraction of sp³-hybridized carbons (Fsp3) is 0. The van der Waals surface area contributed by atoms with Crippen molar-refractivity contribution in [3.8, 4) is 11.1 Å². The first-order valence-corrected chi connectivity index (χ1v) is 5.77. The quantitative estimate of drug-likeness (QED) is 0.906. The largest absolute Gasteiger partial charge is 0.478 e. The molecule has 1 N–H and O–H groups in total. The molecule has 5 heteroatoms. The summed E-state index contributed by atoms with van der Waals surface area (Å²) in [5.74, 6) is -2.55. The Bertz CT molecular complexity index is 626. The van der Waals surface area contributed by atoms with E-state index < -0.39 is 17.6 Å². The first kappa shape index (κ1) is 12.7. The fourth-order valence-corrected chi connectivity index (χ4v) is 2.01. The summed E-state index contributed by atoms with van der Waals surface area (Å²) in [7, 11) is 0. The number of carboxylic acids is 1. The molecule has 2 rings (SSSR count).